The Labute approximate surface area is 131 Å². The lowest BCUT2D eigenvalue weighted by atomic mass is 9.92. The molecule has 0 unspecified atom stereocenters. The molecule has 2 N–H and O–H groups in total. The standard InChI is InChI=1S/C15H17F2N3O3/c1-23-8-13(21)20-4-2-15(3-5-20)18-12-7-11(17)10(16)6-9(12)14(22)19-15/h6-7,18H,2-5,8H2,1H3,(H,19,22). The third-order valence-corrected chi connectivity index (χ3v) is 4.27. The first-order valence-corrected chi connectivity index (χ1v) is 7.30. The number of piperidine rings is 1. The van der Waals surface area contributed by atoms with E-state index in [1.54, 1.807) is 4.90 Å². The zero-order chi connectivity index (χ0) is 16.6. The summed E-state index contributed by atoms with van der Waals surface area (Å²) in [7, 11) is 1.46. The van der Waals surface area contributed by atoms with Crippen LogP contribution in [0, 0.1) is 11.6 Å². The second-order valence-electron chi connectivity index (χ2n) is 5.79. The summed E-state index contributed by atoms with van der Waals surface area (Å²) in [5.74, 6) is -2.63. The molecule has 6 nitrogen and oxygen atoms in total. The fraction of sp³-hybridized carbons (Fsp3) is 0.467. The van der Waals surface area contributed by atoms with Crippen molar-refractivity contribution in [3.05, 3.63) is 29.3 Å². The first-order valence-electron chi connectivity index (χ1n) is 7.30. The van der Waals surface area contributed by atoms with Crippen molar-refractivity contribution in [2.24, 2.45) is 0 Å². The Morgan fingerprint density at radius 1 is 1.26 bits per heavy atom. The first kappa shape index (κ1) is 15.7. The Bertz CT molecular complexity index is 658. The molecule has 1 aromatic rings. The lowest BCUT2D eigenvalue weighted by Crippen LogP contribution is -2.63. The number of ether oxygens (including phenoxy) is 1. The van der Waals surface area contributed by atoms with Gasteiger partial charge in [-0.3, -0.25) is 9.59 Å². The molecular formula is C15H17F2N3O3. The number of halogens is 2. The van der Waals surface area contributed by atoms with Gasteiger partial charge in [-0.15, -0.1) is 0 Å². The van der Waals surface area contributed by atoms with Gasteiger partial charge in [-0.25, -0.2) is 8.78 Å². The molecule has 23 heavy (non-hydrogen) atoms. The number of nitrogens with zero attached hydrogens (tertiary/aromatic N) is 1. The summed E-state index contributed by atoms with van der Waals surface area (Å²) in [6, 6.07) is 1.88. The number of carbonyl (C=O) groups excluding carboxylic acids is 2. The topological polar surface area (TPSA) is 70.7 Å². The molecule has 1 spiro atoms. The summed E-state index contributed by atoms with van der Waals surface area (Å²) in [4.78, 5) is 25.7. The Kier molecular flexibility index (Phi) is 3.93. The second kappa shape index (κ2) is 5.77. The lowest BCUT2D eigenvalue weighted by molar-refractivity contribution is -0.136. The number of methoxy groups -OCH3 is 1. The fourth-order valence-electron chi connectivity index (χ4n) is 3.01. The van der Waals surface area contributed by atoms with Crippen molar-refractivity contribution >= 4 is 17.5 Å². The van der Waals surface area contributed by atoms with E-state index >= 15 is 0 Å². The summed E-state index contributed by atoms with van der Waals surface area (Å²) in [5.41, 5.74) is -0.408. The van der Waals surface area contributed by atoms with Gasteiger partial charge in [-0.1, -0.05) is 0 Å². The van der Waals surface area contributed by atoms with Crippen molar-refractivity contribution in [3.63, 3.8) is 0 Å². The highest BCUT2D eigenvalue weighted by atomic mass is 19.2. The molecule has 0 radical (unpaired) electrons. The van der Waals surface area contributed by atoms with E-state index in [9.17, 15) is 18.4 Å². The number of hydrogen-bond acceptors (Lipinski definition) is 4. The molecule has 2 heterocycles. The molecule has 3 rings (SSSR count). The van der Waals surface area contributed by atoms with Crippen LogP contribution >= 0.6 is 0 Å². The Morgan fingerprint density at radius 3 is 2.57 bits per heavy atom. The number of anilines is 1. The number of fused-ring (bicyclic) bond motifs is 1. The minimum absolute atomic E-state index is 0.0140. The van der Waals surface area contributed by atoms with Crippen molar-refractivity contribution < 1.29 is 23.1 Å². The highest BCUT2D eigenvalue weighted by molar-refractivity contribution is 6.02. The molecule has 1 fully saturated rings. The van der Waals surface area contributed by atoms with E-state index < -0.39 is 23.2 Å². The van der Waals surface area contributed by atoms with Crippen molar-refractivity contribution in [1.82, 2.24) is 10.2 Å². The van der Waals surface area contributed by atoms with E-state index in [4.69, 9.17) is 4.74 Å². The van der Waals surface area contributed by atoms with Gasteiger partial charge >= 0.3 is 0 Å². The second-order valence-corrected chi connectivity index (χ2v) is 5.79. The molecule has 2 aliphatic heterocycles. The number of nitrogens with one attached hydrogen (secondary N) is 2. The van der Waals surface area contributed by atoms with Crippen molar-refractivity contribution in [1.29, 1.82) is 0 Å². The first-order chi connectivity index (χ1) is 10.9. The molecule has 0 aromatic heterocycles. The number of rotatable bonds is 2. The third-order valence-electron chi connectivity index (χ3n) is 4.27. The molecule has 8 heteroatoms. The number of likely N-dealkylation sites (tertiary alicyclic amines) is 1. The summed E-state index contributed by atoms with van der Waals surface area (Å²) in [5, 5.41) is 5.91. The van der Waals surface area contributed by atoms with Gasteiger partial charge in [-0.2, -0.15) is 0 Å². The largest absolute Gasteiger partial charge is 0.375 e. The van der Waals surface area contributed by atoms with Crippen LogP contribution in [0.3, 0.4) is 0 Å². The maximum Gasteiger partial charge on any atom is 0.255 e. The predicted octanol–water partition coefficient (Wildman–Crippen LogP) is 1.09. The molecule has 0 bridgehead atoms. The third kappa shape index (κ3) is 2.86. The lowest BCUT2D eigenvalue weighted by Gasteiger charge is -2.45. The van der Waals surface area contributed by atoms with E-state index in [1.807, 2.05) is 0 Å². The molecule has 1 aromatic carbocycles. The average Bonchev–Trinajstić information content (AvgIpc) is 2.50. The van der Waals surface area contributed by atoms with Gasteiger partial charge in [0.25, 0.3) is 5.91 Å². The van der Waals surface area contributed by atoms with Crippen molar-refractivity contribution in [2.75, 3.05) is 32.1 Å². The zero-order valence-corrected chi connectivity index (χ0v) is 12.6. The normalized spacial score (nSPS) is 19.1. The van der Waals surface area contributed by atoms with Gasteiger partial charge in [0.1, 0.15) is 12.3 Å². The van der Waals surface area contributed by atoms with E-state index in [0.717, 1.165) is 12.1 Å². The molecule has 0 saturated carbocycles. The molecule has 2 amide bonds. The smallest absolute Gasteiger partial charge is 0.255 e. The van der Waals surface area contributed by atoms with Crippen LogP contribution < -0.4 is 10.6 Å². The van der Waals surface area contributed by atoms with Crippen LogP contribution in [-0.4, -0.2) is 49.2 Å². The predicted molar refractivity (Wildman–Crippen MR) is 77.9 cm³/mol. The molecule has 0 aliphatic carbocycles. The number of benzene rings is 1. The zero-order valence-electron chi connectivity index (χ0n) is 12.6. The van der Waals surface area contributed by atoms with Crippen LogP contribution in [-0.2, 0) is 9.53 Å². The highest BCUT2D eigenvalue weighted by Gasteiger charge is 2.41. The number of carbonyl (C=O) groups is 2. The maximum absolute atomic E-state index is 13.4. The Morgan fingerprint density at radius 2 is 1.91 bits per heavy atom. The molecule has 124 valence electrons. The van der Waals surface area contributed by atoms with E-state index in [1.165, 1.54) is 7.11 Å². The van der Waals surface area contributed by atoms with E-state index in [0.29, 0.717) is 25.9 Å². The Balaban J connectivity index is 1.77. The van der Waals surface area contributed by atoms with Gasteiger partial charge < -0.3 is 20.3 Å². The van der Waals surface area contributed by atoms with Crippen LogP contribution in [0.25, 0.3) is 0 Å². The SMILES string of the molecule is COCC(=O)N1CCC2(CC1)NC(=O)c1cc(F)c(F)cc1N2. The molecule has 1 saturated heterocycles. The van der Waals surface area contributed by atoms with Crippen molar-refractivity contribution in [3.8, 4) is 0 Å². The molecule has 0 atom stereocenters. The van der Waals surface area contributed by atoms with Gasteiger partial charge in [0, 0.05) is 39.1 Å². The van der Waals surface area contributed by atoms with E-state index in [-0.39, 0.29) is 23.8 Å². The summed E-state index contributed by atoms with van der Waals surface area (Å²) in [6.07, 6.45) is 0.930. The quantitative estimate of drug-likeness (QED) is 0.854. The monoisotopic (exact) mass is 325 g/mol. The fourth-order valence-corrected chi connectivity index (χ4v) is 3.01. The summed E-state index contributed by atoms with van der Waals surface area (Å²) in [6.45, 7) is 0.892. The highest BCUT2D eigenvalue weighted by Crippen LogP contribution is 2.32. The number of hydrogen-bond donors (Lipinski definition) is 2. The van der Waals surface area contributed by atoms with Crippen LogP contribution in [0.5, 0.6) is 0 Å². The molecule has 2 aliphatic rings. The molecular weight excluding hydrogens is 308 g/mol. The van der Waals surface area contributed by atoms with Gasteiger partial charge in [0.15, 0.2) is 11.6 Å². The summed E-state index contributed by atoms with van der Waals surface area (Å²) < 4.78 is 31.5. The van der Waals surface area contributed by atoms with Gasteiger partial charge in [0.05, 0.1) is 11.3 Å². The van der Waals surface area contributed by atoms with Crippen LogP contribution in [0.4, 0.5) is 14.5 Å². The van der Waals surface area contributed by atoms with Crippen LogP contribution in [0.2, 0.25) is 0 Å². The number of amides is 2. The van der Waals surface area contributed by atoms with Crippen LogP contribution in [0.15, 0.2) is 12.1 Å². The van der Waals surface area contributed by atoms with Gasteiger partial charge in [-0.05, 0) is 6.07 Å². The van der Waals surface area contributed by atoms with Gasteiger partial charge in [0.2, 0.25) is 5.91 Å². The minimum Gasteiger partial charge on any atom is -0.375 e. The van der Waals surface area contributed by atoms with E-state index in [2.05, 4.69) is 10.6 Å². The summed E-state index contributed by atoms with van der Waals surface area (Å²) >= 11 is 0. The Hall–Kier alpha value is -2.22. The maximum atomic E-state index is 13.4. The average molecular weight is 325 g/mol. The minimum atomic E-state index is -1.06. The van der Waals surface area contributed by atoms with Crippen LogP contribution in [0.1, 0.15) is 23.2 Å². The van der Waals surface area contributed by atoms with Crippen molar-refractivity contribution in [2.45, 2.75) is 18.5 Å².